The lowest BCUT2D eigenvalue weighted by atomic mass is 10.3. The highest BCUT2D eigenvalue weighted by atomic mass is 127. The number of benzene rings is 1. The molecule has 0 heterocycles. The third-order valence-electron chi connectivity index (χ3n) is 3.13. The van der Waals surface area contributed by atoms with E-state index in [1.54, 1.807) is 32.0 Å². The SMILES string of the molecule is CCNC(=NCC(C)Oc1ccccc1F)NCCNS(=O)(=O)CC.I. The number of hydrogen-bond acceptors (Lipinski definition) is 4. The van der Waals surface area contributed by atoms with E-state index < -0.39 is 15.8 Å². The lowest BCUT2D eigenvalue weighted by Gasteiger charge is -2.15. The summed E-state index contributed by atoms with van der Waals surface area (Å²) in [6, 6.07) is 6.22. The van der Waals surface area contributed by atoms with E-state index in [0.29, 0.717) is 25.6 Å². The Hall–Kier alpha value is -1.14. The van der Waals surface area contributed by atoms with Crippen LogP contribution in [-0.2, 0) is 10.0 Å². The van der Waals surface area contributed by atoms with E-state index >= 15 is 0 Å². The van der Waals surface area contributed by atoms with Gasteiger partial charge in [0.05, 0.1) is 12.3 Å². The first kappa shape index (κ1) is 24.9. The molecule has 1 atom stereocenters. The molecule has 0 saturated heterocycles. The molecular weight excluding hydrogens is 474 g/mol. The van der Waals surface area contributed by atoms with Crippen molar-refractivity contribution in [2.75, 3.05) is 31.9 Å². The molecule has 0 aliphatic carbocycles. The number of ether oxygens (including phenoxy) is 1. The number of nitrogens with zero attached hydrogens (tertiary/aromatic N) is 1. The van der Waals surface area contributed by atoms with Crippen molar-refractivity contribution in [2.45, 2.75) is 26.9 Å². The smallest absolute Gasteiger partial charge is 0.211 e. The topological polar surface area (TPSA) is 91.8 Å². The Kier molecular flexibility index (Phi) is 12.5. The minimum absolute atomic E-state index is 0. The standard InChI is InChI=1S/C16H27FN4O3S.HI/c1-4-18-16(19-10-11-21-25(22,23)5-2)20-12-13(3)24-15-9-7-6-8-14(15)17;/h6-9,13,21H,4-5,10-12H2,1-3H3,(H2,18,19,20);1H. The Morgan fingerprint density at radius 2 is 1.92 bits per heavy atom. The first-order chi connectivity index (χ1) is 11.9. The molecule has 0 aromatic heterocycles. The fraction of sp³-hybridized carbons (Fsp3) is 0.562. The third kappa shape index (κ3) is 10.1. The number of halogens is 2. The Balaban J connectivity index is 0.00000625. The summed E-state index contributed by atoms with van der Waals surface area (Å²) in [5, 5.41) is 6.09. The van der Waals surface area contributed by atoms with Crippen molar-refractivity contribution in [1.82, 2.24) is 15.4 Å². The zero-order valence-corrected chi connectivity index (χ0v) is 18.4. The van der Waals surface area contributed by atoms with Gasteiger partial charge in [0, 0.05) is 19.6 Å². The fourth-order valence-corrected chi connectivity index (χ4v) is 2.46. The Labute approximate surface area is 172 Å². The Morgan fingerprint density at radius 3 is 2.54 bits per heavy atom. The van der Waals surface area contributed by atoms with E-state index in [4.69, 9.17) is 4.74 Å². The van der Waals surface area contributed by atoms with Gasteiger partial charge in [-0.15, -0.1) is 24.0 Å². The molecule has 150 valence electrons. The van der Waals surface area contributed by atoms with Crippen LogP contribution in [0.3, 0.4) is 0 Å². The van der Waals surface area contributed by atoms with Crippen LogP contribution < -0.4 is 20.1 Å². The molecule has 0 spiro atoms. The van der Waals surface area contributed by atoms with Gasteiger partial charge in [-0.05, 0) is 32.9 Å². The van der Waals surface area contributed by atoms with Gasteiger partial charge in [-0.25, -0.2) is 22.5 Å². The Bertz CT molecular complexity index is 659. The van der Waals surface area contributed by atoms with Gasteiger partial charge in [-0.3, -0.25) is 0 Å². The molecular formula is C16H28FIN4O3S. The first-order valence-corrected chi connectivity index (χ1v) is 9.93. The molecule has 0 saturated carbocycles. The van der Waals surface area contributed by atoms with E-state index in [1.807, 2.05) is 6.92 Å². The van der Waals surface area contributed by atoms with Gasteiger partial charge >= 0.3 is 0 Å². The molecule has 0 radical (unpaired) electrons. The predicted octanol–water partition coefficient (Wildman–Crippen LogP) is 1.71. The molecule has 0 aliphatic heterocycles. The molecule has 1 aromatic carbocycles. The molecule has 0 amide bonds. The minimum Gasteiger partial charge on any atom is -0.486 e. The molecule has 7 nitrogen and oxygen atoms in total. The molecule has 10 heteroatoms. The van der Waals surface area contributed by atoms with Crippen molar-refractivity contribution in [2.24, 2.45) is 4.99 Å². The zero-order valence-electron chi connectivity index (χ0n) is 15.3. The van der Waals surface area contributed by atoms with Gasteiger partial charge in [0.1, 0.15) is 6.10 Å². The van der Waals surface area contributed by atoms with E-state index in [9.17, 15) is 12.8 Å². The van der Waals surface area contributed by atoms with Crippen LogP contribution >= 0.6 is 24.0 Å². The number of rotatable bonds is 10. The maximum atomic E-state index is 13.6. The second-order valence-corrected chi connectivity index (χ2v) is 7.40. The quantitative estimate of drug-likeness (QED) is 0.196. The first-order valence-electron chi connectivity index (χ1n) is 8.28. The highest BCUT2D eigenvalue weighted by Gasteiger charge is 2.08. The molecule has 0 bridgehead atoms. The molecule has 0 aliphatic rings. The van der Waals surface area contributed by atoms with E-state index in [1.165, 1.54) is 6.07 Å². The van der Waals surface area contributed by atoms with Crippen LogP contribution in [0.15, 0.2) is 29.3 Å². The zero-order chi connectivity index (χ0) is 18.7. The molecule has 1 unspecified atom stereocenters. The predicted molar refractivity (Wildman–Crippen MR) is 113 cm³/mol. The second kappa shape index (κ2) is 13.1. The van der Waals surface area contributed by atoms with Crippen LogP contribution in [0.25, 0.3) is 0 Å². The maximum absolute atomic E-state index is 13.6. The number of aliphatic imine (C=N–C) groups is 1. The minimum atomic E-state index is -3.20. The van der Waals surface area contributed by atoms with Crippen LogP contribution in [0, 0.1) is 5.82 Å². The number of para-hydroxylation sites is 1. The van der Waals surface area contributed by atoms with Crippen molar-refractivity contribution < 1.29 is 17.5 Å². The highest BCUT2D eigenvalue weighted by Crippen LogP contribution is 2.16. The van der Waals surface area contributed by atoms with Crippen LogP contribution in [0.2, 0.25) is 0 Å². The molecule has 1 aromatic rings. The van der Waals surface area contributed by atoms with Gasteiger partial charge in [0.2, 0.25) is 10.0 Å². The summed E-state index contributed by atoms with van der Waals surface area (Å²) in [6.45, 7) is 6.96. The van der Waals surface area contributed by atoms with Gasteiger partial charge < -0.3 is 15.4 Å². The van der Waals surface area contributed by atoms with Crippen LogP contribution in [0.4, 0.5) is 4.39 Å². The highest BCUT2D eigenvalue weighted by molar-refractivity contribution is 14.0. The normalized spacial score (nSPS) is 12.8. The van der Waals surface area contributed by atoms with E-state index in [0.717, 1.165) is 0 Å². The molecule has 26 heavy (non-hydrogen) atoms. The Morgan fingerprint density at radius 1 is 1.23 bits per heavy atom. The summed E-state index contributed by atoms with van der Waals surface area (Å²) in [5.74, 6) is 0.373. The van der Waals surface area contributed by atoms with Crippen LogP contribution in [0.5, 0.6) is 5.75 Å². The van der Waals surface area contributed by atoms with Crippen molar-refractivity contribution in [3.63, 3.8) is 0 Å². The van der Waals surface area contributed by atoms with Crippen molar-refractivity contribution in [1.29, 1.82) is 0 Å². The number of hydrogen-bond donors (Lipinski definition) is 3. The molecule has 3 N–H and O–H groups in total. The summed E-state index contributed by atoms with van der Waals surface area (Å²) < 4.78 is 44.3. The summed E-state index contributed by atoms with van der Waals surface area (Å²) in [4.78, 5) is 4.36. The van der Waals surface area contributed by atoms with Crippen molar-refractivity contribution in [3.05, 3.63) is 30.1 Å². The molecule has 1 rings (SSSR count). The van der Waals surface area contributed by atoms with Crippen LogP contribution in [-0.4, -0.2) is 52.4 Å². The lowest BCUT2D eigenvalue weighted by molar-refractivity contribution is 0.220. The van der Waals surface area contributed by atoms with Crippen LogP contribution in [0.1, 0.15) is 20.8 Å². The summed E-state index contributed by atoms with van der Waals surface area (Å²) >= 11 is 0. The van der Waals surface area contributed by atoms with E-state index in [-0.39, 0.29) is 48.1 Å². The lowest BCUT2D eigenvalue weighted by Crippen LogP contribution is -2.42. The largest absolute Gasteiger partial charge is 0.486 e. The number of nitrogens with one attached hydrogen (secondary N) is 3. The van der Waals surface area contributed by atoms with E-state index in [2.05, 4.69) is 20.3 Å². The maximum Gasteiger partial charge on any atom is 0.211 e. The van der Waals surface area contributed by atoms with Crippen molar-refractivity contribution in [3.8, 4) is 5.75 Å². The monoisotopic (exact) mass is 502 g/mol. The fourth-order valence-electron chi connectivity index (χ4n) is 1.85. The summed E-state index contributed by atoms with van der Waals surface area (Å²) in [6.07, 6.45) is -0.314. The number of guanidine groups is 1. The average molecular weight is 502 g/mol. The number of sulfonamides is 1. The van der Waals surface area contributed by atoms with Gasteiger partial charge in [-0.1, -0.05) is 12.1 Å². The average Bonchev–Trinajstić information content (AvgIpc) is 2.58. The summed E-state index contributed by atoms with van der Waals surface area (Å²) in [5.41, 5.74) is 0. The summed E-state index contributed by atoms with van der Waals surface area (Å²) in [7, 11) is -3.20. The van der Waals surface area contributed by atoms with Gasteiger partial charge in [0.25, 0.3) is 0 Å². The van der Waals surface area contributed by atoms with Gasteiger partial charge in [-0.2, -0.15) is 0 Å². The third-order valence-corrected chi connectivity index (χ3v) is 4.54. The van der Waals surface area contributed by atoms with Gasteiger partial charge in [0.15, 0.2) is 17.5 Å². The second-order valence-electron chi connectivity index (χ2n) is 5.30. The van der Waals surface area contributed by atoms with Crippen molar-refractivity contribution >= 4 is 40.0 Å². The molecule has 0 fully saturated rings.